The van der Waals surface area contributed by atoms with Crippen LogP contribution in [-0.2, 0) is 19.4 Å². The van der Waals surface area contributed by atoms with E-state index in [1.807, 2.05) is 0 Å². The fourth-order valence-electron chi connectivity index (χ4n) is 1.38. The van der Waals surface area contributed by atoms with Crippen LogP contribution < -0.4 is 5.32 Å². The number of carboxylic acids is 1. The summed E-state index contributed by atoms with van der Waals surface area (Å²) in [4.78, 5) is 21.9. The quantitative estimate of drug-likeness (QED) is 0.729. The van der Waals surface area contributed by atoms with E-state index in [0.717, 1.165) is 0 Å². The average Bonchev–Trinajstić information content (AvgIpc) is 2.10. The molecule has 2 N–H and O–H groups in total. The number of carboxylic acid groups (broad SMARTS) is 1. The first-order valence-corrected chi connectivity index (χ1v) is 6.86. The number of nitrogens with one attached hydrogen (secondary N) is 1. The first-order valence-electron chi connectivity index (χ1n) is 5.14. The minimum absolute atomic E-state index is 0.807. The Morgan fingerprint density at radius 2 is 1.74 bits per heavy atom. The van der Waals surface area contributed by atoms with Crippen molar-refractivity contribution in [1.29, 1.82) is 0 Å². The third kappa shape index (κ3) is 6.41. The maximum Gasteiger partial charge on any atom is 0.405 e. The Kier molecular flexibility index (Phi) is 5.79. The van der Waals surface area contributed by atoms with E-state index < -0.39 is 51.4 Å². The molecule has 10 heteroatoms. The Labute approximate surface area is 107 Å². The van der Waals surface area contributed by atoms with E-state index in [-0.39, 0.29) is 0 Å². The lowest BCUT2D eigenvalue weighted by molar-refractivity contribution is -0.137. The Morgan fingerprint density at radius 3 is 2.05 bits per heavy atom. The highest BCUT2D eigenvalue weighted by atomic mass is 32.2. The number of aliphatic carboxylic acids is 1. The smallest absolute Gasteiger partial charge is 0.405 e. The van der Waals surface area contributed by atoms with Crippen LogP contribution >= 0.6 is 0 Å². The van der Waals surface area contributed by atoms with Gasteiger partial charge in [-0.1, -0.05) is 13.8 Å². The van der Waals surface area contributed by atoms with E-state index in [0.29, 0.717) is 0 Å². The third-order valence-corrected chi connectivity index (χ3v) is 4.24. The highest BCUT2D eigenvalue weighted by Gasteiger charge is 2.37. The molecule has 0 saturated carbocycles. The number of amides is 1. The second-order valence-corrected chi connectivity index (χ2v) is 6.32. The summed E-state index contributed by atoms with van der Waals surface area (Å²) in [5.74, 6) is -5.13. The molecule has 0 bridgehead atoms. The lowest BCUT2D eigenvalue weighted by Crippen LogP contribution is -2.43. The van der Waals surface area contributed by atoms with Crippen molar-refractivity contribution in [3.8, 4) is 0 Å². The zero-order valence-corrected chi connectivity index (χ0v) is 11.0. The van der Waals surface area contributed by atoms with Crippen molar-refractivity contribution in [3.05, 3.63) is 0 Å². The van der Waals surface area contributed by atoms with Crippen molar-refractivity contribution >= 4 is 21.7 Å². The molecule has 0 aliphatic heterocycles. The van der Waals surface area contributed by atoms with Gasteiger partial charge in [-0.25, -0.2) is 8.42 Å². The van der Waals surface area contributed by atoms with E-state index in [1.54, 1.807) is 0 Å². The van der Waals surface area contributed by atoms with Crippen molar-refractivity contribution in [1.82, 2.24) is 5.32 Å². The Bertz CT molecular complexity index is 443. The second-order valence-electron chi connectivity index (χ2n) is 4.20. The Morgan fingerprint density at radius 1 is 1.26 bits per heavy atom. The van der Waals surface area contributed by atoms with Gasteiger partial charge in [0.1, 0.15) is 12.3 Å². The summed E-state index contributed by atoms with van der Waals surface area (Å²) >= 11 is 0. The van der Waals surface area contributed by atoms with Gasteiger partial charge in [0, 0.05) is 0 Å². The predicted octanol–water partition coefficient (Wildman–Crippen LogP) is 0.189. The minimum atomic E-state index is -4.66. The molecule has 0 aliphatic carbocycles. The van der Waals surface area contributed by atoms with Crippen LogP contribution in [0.3, 0.4) is 0 Å². The van der Waals surface area contributed by atoms with Gasteiger partial charge in [-0.05, 0) is 5.92 Å². The standard InChI is InChI=1S/C9H14F3NO5S/c1-5(2)7(8(15)16)19(17,18)3-6(14)13-4-9(10,11)12/h5,7H,3-4H2,1-2H3,(H,13,14)(H,15,16). The molecule has 0 aromatic carbocycles. The molecule has 0 aromatic rings. The van der Waals surface area contributed by atoms with Gasteiger partial charge >= 0.3 is 12.1 Å². The summed E-state index contributed by atoms with van der Waals surface area (Å²) in [7, 11) is -4.37. The molecule has 0 heterocycles. The SMILES string of the molecule is CC(C)C(C(=O)O)S(=O)(=O)CC(=O)NCC(F)(F)F. The Hall–Kier alpha value is -1.32. The van der Waals surface area contributed by atoms with Crippen LogP contribution in [0.2, 0.25) is 0 Å². The molecule has 112 valence electrons. The van der Waals surface area contributed by atoms with Gasteiger partial charge in [0.15, 0.2) is 15.1 Å². The average molecular weight is 305 g/mol. The van der Waals surface area contributed by atoms with Gasteiger partial charge in [-0.3, -0.25) is 9.59 Å². The number of hydrogen-bond donors (Lipinski definition) is 2. The summed E-state index contributed by atoms with van der Waals surface area (Å²) in [5, 5.41) is 8.31. The molecular weight excluding hydrogens is 291 g/mol. The van der Waals surface area contributed by atoms with E-state index in [4.69, 9.17) is 5.11 Å². The van der Waals surface area contributed by atoms with Gasteiger partial charge in [-0.15, -0.1) is 0 Å². The summed E-state index contributed by atoms with van der Waals surface area (Å²) in [6, 6.07) is 0. The summed E-state index contributed by atoms with van der Waals surface area (Å²) in [6.07, 6.45) is -4.66. The first-order chi connectivity index (χ1) is 8.37. The van der Waals surface area contributed by atoms with Crippen LogP contribution in [0.15, 0.2) is 0 Å². The highest BCUT2D eigenvalue weighted by molar-refractivity contribution is 7.93. The molecular formula is C9H14F3NO5S. The molecule has 0 fully saturated rings. The fourth-order valence-corrected chi connectivity index (χ4v) is 3.16. The molecule has 1 amide bonds. The molecule has 6 nitrogen and oxygen atoms in total. The summed E-state index contributed by atoms with van der Waals surface area (Å²) < 4.78 is 58.7. The molecule has 0 saturated heterocycles. The van der Waals surface area contributed by atoms with Crippen molar-refractivity contribution < 1.29 is 36.3 Å². The van der Waals surface area contributed by atoms with Crippen molar-refractivity contribution in [2.45, 2.75) is 25.3 Å². The van der Waals surface area contributed by atoms with E-state index >= 15 is 0 Å². The molecule has 19 heavy (non-hydrogen) atoms. The van der Waals surface area contributed by atoms with Crippen molar-refractivity contribution in [2.75, 3.05) is 12.3 Å². The molecule has 1 unspecified atom stereocenters. The molecule has 0 rings (SSSR count). The number of halogens is 3. The zero-order valence-electron chi connectivity index (χ0n) is 10.2. The summed E-state index contributed by atoms with van der Waals surface area (Å²) in [5.41, 5.74) is 0. The topological polar surface area (TPSA) is 101 Å². The monoisotopic (exact) mass is 305 g/mol. The number of hydrogen-bond acceptors (Lipinski definition) is 4. The maximum atomic E-state index is 11.8. The van der Waals surface area contributed by atoms with E-state index in [1.165, 1.54) is 19.2 Å². The molecule has 0 aliphatic rings. The van der Waals surface area contributed by atoms with Gasteiger partial charge in [0.25, 0.3) is 0 Å². The van der Waals surface area contributed by atoms with Gasteiger partial charge < -0.3 is 10.4 Å². The van der Waals surface area contributed by atoms with Gasteiger partial charge in [-0.2, -0.15) is 13.2 Å². The lowest BCUT2D eigenvalue weighted by atomic mass is 10.1. The van der Waals surface area contributed by atoms with E-state index in [9.17, 15) is 31.2 Å². The molecule has 1 atom stereocenters. The number of sulfone groups is 1. The van der Waals surface area contributed by atoms with Crippen molar-refractivity contribution in [3.63, 3.8) is 0 Å². The van der Waals surface area contributed by atoms with Crippen LogP contribution in [0.4, 0.5) is 13.2 Å². The molecule has 0 radical (unpaired) electrons. The largest absolute Gasteiger partial charge is 0.480 e. The highest BCUT2D eigenvalue weighted by Crippen LogP contribution is 2.15. The van der Waals surface area contributed by atoms with Crippen LogP contribution in [0.5, 0.6) is 0 Å². The first kappa shape index (κ1) is 17.7. The van der Waals surface area contributed by atoms with Crippen LogP contribution in [-0.4, -0.2) is 49.1 Å². The lowest BCUT2D eigenvalue weighted by Gasteiger charge is -2.16. The maximum absolute atomic E-state index is 11.8. The normalized spacial score (nSPS) is 14.2. The van der Waals surface area contributed by atoms with Crippen LogP contribution in [0, 0.1) is 5.92 Å². The van der Waals surface area contributed by atoms with Crippen LogP contribution in [0.1, 0.15) is 13.8 Å². The summed E-state index contributed by atoms with van der Waals surface area (Å²) in [6.45, 7) is 0.981. The Balaban J connectivity index is 4.77. The third-order valence-electron chi connectivity index (χ3n) is 2.05. The molecule has 0 aromatic heterocycles. The van der Waals surface area contributed by atoms with Gasteiger partial charge in [0.05, 0.1) is 0 Å². The number of carbonyl (C=O) groups is 2. The van der Waals surface area contributed by atoms with Crippen LogP contribution in [0.25, 0.3) is 0 Å². The fraction of sp³-hybridized carbons (Fsp3) is 0.778. The number of rotatable bonds is 6. The van der Waals surface area contributed by atoms with Gasteiger partial charge in [0.2, 0.25) is 5.91 Å². The number of alkyl halides is 3. The second kappa shape index (κ2) is 6.22. The van der Waals surface area contributed by atoms with E-state index in [2.05, 4.69) is 0 Å². The molecule has 0 spiro atoms. The predicted molar refractivity (Wildman–Crippen MR) is 59.1 cm³/mol. The number of carbonyl (C=O) groups excluding carboxylic acids is 1. The minimum Gasteiger partial charge on any atom is -0.480 e. The van der Waals surface area contributed by atoms with Crippen molar-refractivity contribution in [2.24, 2.45) is 5.92 Å². The zero-order chi connectivity index (χ0) is 15.4.